The van der Waals surface area contributed by atoms with Gasteiger partial charge in [0, 0.05) is 6.42 Å². The molecule has 0 aliphatic carbocycles. The molecule has 1 N–H and O–H groups in total. The van der Waals surface area contributed by atoms with Gasteiger partial charge in [-0.25, -0.2) is 4.18 Å². The Hall–Kier alpha value is -0.250. The zero-order chi connectivity index (χ0) is 11.2. The third-order valence-corrected chi connectivity index (χ3v) is 3.24. The number of hydrogen-bond donors (Lipinski definition) is 1. The van der Waals surface area contributed by atoms with Gasteiger partial charge in [0.25, 0.3) is 0 Å². The van der Waals surface area contributed by atoms with Crippen LogP contribution in [0.1, 0.15) is 32.6 Å². The molecule has 0 aromatic heterocycles. The standard InChI is InChI=1S/C7H12O7S/c1-2-3-4-5-6-7(8,12-11-6)14-15(9,10)13-6/h8H,2-5H2,1H3. The lowest BCUT2D eigenvalue weighted by Crippen LogP contribution is -2.65. The number of fused-ring (bicyclic) bond motifs is 1. The van der Waals surface area contributed by atoms with Gasteiger partial charge in [-0.15, -0.1) is 0 Å². The molecule has 0 spiro atoms. The maximum atomic E-state index is 11.0. The zero-order valence-electron chi connectivity index (χ0n) is 8.13. The molecule has 2 rings (SSSR count). The van der Waals surface area contributed by atoms with Crippen molar-refractivity contribution in [2.45, 2.75) is 44.4 Å². The highest BCUT2D eigenvalue weighted by Gasteiger charge is 2.76. The molecule has 7 nitrogen and oxygen atoms in total. The second-order valence-corrected chi connectivity index (χ2v) is 4.68. The van der Waals surface area contributed by atoms with Gasteiger partial charge < -0.3 is 5.11 Å². The Bertz CT molecular complexity index is 352. The number of rotatable bonds is 4. The third-order valence-electron chi connectivity index (χ3n) is 2.33. The Morgan fingerprint density at radius 2 is 1.93 bits per heavy atom. The molecule has 0 aromatic carbocycles. The molecule has 0 saturated carbocycles. The molecule has 2 atom stereocenters. The van der Waals surface area contributed by atoms with Crippen LogP contribution in [-0.4, -0.2) is 25.3 Å². The second-order valence-electron chi connectivity index (χ2n) is 3.53. The van der Waals surface area contributed by atoms with E-state index in [1.54, 1.807) is 0 Å². The summed E-state index contributed by atoms with van der Waals surface area (Å²) in [6.45, 7) is 1.99. The molecule has 8 heteroatoms. The van der Waals surface area contributed by atoms with Crippen molar-refractivity contribution in [1.29, 1.82) is 0 Å². The summed E-state index contributed by atoms with van der Waals surface area (Å²) in [5, 5.41) is 9.56. The zero-order valence-corrected chi connectivity index (χ0v) is 8.95. The summed E-state index contributed by atoms with van der Waals surface area (Å²) in [4.78, 5) is 8.79. The number of unbranched alkanes of at least 4 members (excludes halogenated alkanes) is 2. The van der Waals surface area contributed by atoms with E-state index in [1.165, 1.54) is 0 Å². The first-order valence-corrected chi connectivity index (χ1v) is 6.02. The van der Waals surface area contributed by atoms with E-state index in [0.717, 1.165) is 12.8 Å². The monoisotopic (exact) mass is 240 g/mol. The molecule has 0 aromatic rings. The van der Waals surface area contributed by atoms with Gasteiger partial charge in [0.1, 0.15) is 0 Å². The highest BCUT2D eigenvalue weighted by molar-refractivity contribution is 7.82. The van der Waals surface area contributed by atoms with Crippen LogP contribution < -0.4 is 0 Å². The van der Waals surface area contributed by atoms with Crippen LogP contribution in [0.15, 0.2) is 0 Å². The summed E-state index contributed by atoms with van der Waals surface area (Å²) in [5.74, 6) is -4.04. The van der Waals surface area contributed by atoms with Gasteiger partial charge in [0.05, 0.1) is 0 Å². The van der Waals surface area contributed by atoms with Crippen LogP contribution in [-0.2, 0) is 28.5 Å². The lowest BCUT2D eigenvalue weighted by Gasteiger charge is -2.42. The van der Waals surface area contributed by atoms with Gasteiger partial charge in [0.2, 0.25) is 0 Å². The molecule has 2 heterocycles. The quantitative estimate of drug-likeness (QED) is 0.552. The highest BCUT2D eigenvalue weighted by atomic mass is 32.3. The van der Waals surface area contributed by atoms with Crippen molar-refractivity contribution in [2.75, 3.05) is 0 Å². The minimum atomic E-state index is -4.24. The number of aliphatic hydroxyl groups is 1. The summed E-state index contributed by atoms with van der Waals surface area (Å²) in [7, 11) is -4.24. The van der Waals surface area contributed by atoms with Gasteiger partial charge in [-0.3, -0.25) is 0 Å². The van der Waals surface area contributed by atoms with E-state index < -0.39 is 22.2 Å². The van der Waals surface area contributed by atoms with Gasteiger partial charge >= 0.3 is 22.2 Å². The van der Waals surface area contributed by atoms with Crippen LogP contribution in [0.25, 0.3) is 0 Å². The predicted molar refractivity (Wildman–Crippen MR) is 45.1 cm³/mol. The van der Waals surface area contributed by atoms with Gasteiger partial charge in [-0.05, 0) is 6.42 Å². The molecule has 88 valence electrons. The van der Waals surface area contributed by atoms with E-state index in [0.29, 0.717) is 6.42 Å². The Kier molecular flexibility index (Phi) is 2.53. The van der Waals surface area contributed by atoms with Crippen molar-refractivity contribution in [1.82, 2.24) is 0 Å². The molecule has 15 heavy (non-hydrogen) atoms. The maximum Gasteiger partial charge on any atom is 0.407 e. The topological polar surface area (TPSA) is 91.3 Å². The Balaban J connectivity index is 2.08. The van der Waals surface area contributed by atoms with E-state index in [9.17, 15) is 13.5 Å². The fraction of sp³-hybridized carbons (Fsp3) is 1.00. The van der Waals surface area contributed by atoms with E-state index in [-0.39, 0.29) is 6.42 Å². The summed E-state index contributed by atoms with van der Waals surface area (Å²) < 4.78 is 30.7. The second kappa shape index (κ2) is 3.37. The highest BCUT2D eigenvalue weighted by Crippen LogP contribution is 2.51. The fourth-order valence-corrected chi connectivity index (χ4v) is 2.53. The molecule has 2 fully saturated rings. The summed E-state index contributed by atoms with van der Waals surface area (Å²) >= 11 is 0. The molecule has 2 aliphatic rings. The minimum Gasteiger partial charge on any atom is -0.336 e. The number of hydrogen-bond acceptors (Lipinski definition) is 7. The van der Waals surface area contributed by atoms with Crippen molar-refractivity contribution in [3.8, 4) is 0 Å². The average Bonchev–Trinajstić information content (AvgIpc) is 2.25. The SMILES string of the molecule is CCCCCC12OOC1(O)OS(=O)(=O)O2. The lowest BCUT2D eigenvalue weighted by atomic mass is 10.0. The molecule has 2 saturated heterocycles. The van der Waals surface area contributed by atoms with Crippen molar-refractivity contribution >= 4 is 10.4 Å². The van der Waals surface area contributed by atoms with Crippen molar-refractivity contribution in [3.63, 3.8) is 0 Å². The molecule has 2 unspecified atom stereocenters. The Morgan fingerprint density at radius 3 is 2.40 bits per heavy atom. The fourth-order valence-electron chi connectivity index (χ4n) is 1.52. The molecular formula is C7H12O7S. The van der Waals surface area contributed by atoms with Crippen LogP contribution in [0, 0.1) is 0 Å². The molecular weight excluding hydrogens is 228 g/mol. The molecule has 0 amide bonds. The minimum absolute atomic E-state index is 0.191. The van der Waals surface area contributed by atoms with Crippen LogP contribution >= 0.6 is 0 Å². The molecule has 0 radical (unpaired) electrons. The smallest absolute Gasteiger partial charge is 0.336 e. The van der Waals surface area contributed by atoms with Crippen molar-refractivity contribution in [3.05, 3.63) is 0 Å². The summed E-state index contributed by atoms with van der Waals surface area (Å²) in [6.07, 6.45) is 2.64. The third kappa shape index (κ3) is 1.67. The van der Waals surface area contributed by atoms with Crippen LogP contribution in [0.3, 0.4) is 0 Å². The summed E-state index contributed by atoms with van der Waals surface area (Å²) in [5.41, 5.74) is 0. The van der Waals surface area contributed by atoms with Crippen molar-refractivity contribution < 1.29 is 31.7 Å². The van der Waals surface area contributed by atoms with Crippen LogP contribution in [0.5, 0.6) is 0 Å². The van der Waals surface area contributed by atoms with Gasteiger partial charge in [-0.1, -0.05) is 19.8 Å². The first kappa shape index (κ1) is 11.2. The van der Waals surface area contributed by atoms with Gasteiger partial charge in [0.15, 0.2) is 0 Å². The molecule has 2 aliphatic heterocycles. The van der Waals surface area contributed by atoms with E-state index >= 15 is 0 Å². The Labute approximate surface area is 87.1 Å². The van der Waals surface area contributed by atoms with E-state index in [2.05, 4.69) is 18.1 Å². The maximum absolute atomic E-state index is 11.0. The van der Waals surface area contributed by atoms with Gasteiger partial charge in [-0.2, -0.15) is 22.4 Å². The largest absolute Gasteiger partial charge is 0.407 e. The summed E-state index contributed by atoms with van der Waals surface area (Å²) in [6, 6.07) is 0. The van der Waals surface area contributed by atoms with Crippen LogP contribution in [0.2, 0.25) is 0 Å². The van der Waals surface area contributed by atoms with E-state index in [1.807, 2.05) is 6.92 Å². The normalized spacial score (nSPS) is 42.3. The van der Waals surface area contributed by atoms with Crippen molar-refractivity contribution in [2.24, 2.45) is 0 Å². The first-order chi connectivity index (χ1) is 6.93. The predicted octanol–water partition coefficient (Wildman–Crippen LogP) is 0.163. The molecule has 0 bridgehead atoms. The first-order valence-electron chi connectivity index (χ1n) is 4.68. The average molecular weight is 240 g/mol. The Morgan fingerprint density at radius 1 is 1.20 bits per heavy atom. The van der Waals surface area contributed by atoms with Crippen LogP contribution in [0.4, 0.5) is 0 Å². The lowest BCUT2D eigenvalue weighted by molar-refractivity contribution is -0.673. The van der Waals surface area contributed by atoms with E-state index in [4.69, 9.17) is 0 Å².